The van der Waals surface area contributed by atoms with Crippen LogP contribution in [0.5, 0.6) is 5.75 Å². The van der Waals surface area contributed by atoms with E-state index in [9.17, 15) is 9.18 Å². The van der Waals surface area contributed by atoms with Crippen LogP contribution in [0.3, 0.4) is 0 Å². The summed E-state index contributed by atoms with van der Waals surface area (Å²) in [7, 11) is 0. The Morgan fingerprint density at radius 1 is 1.59 bits per heavy atom. The molecular formula is C11H12ClFO4. The van der Waals surface area contributed by atoms with Crippen molar-refractivity contribution in [1.82, 2.24) is 0 Å². The first kappa shape index (κ1) is 13.7. The number of benzene rings is 1. The van der Waals surface area contributed by atoms with E-state index in [1.165, 1.54) is 12.1 Å². The number of hydrogen-bond donors (Lipinski definition) is 1. The average Bonchev–Trinajstić information content (AvgIpc) is 2.28. The van der Waals surface area contributed by atoms with Crippen LogP contribution >= 0.6 is 11.6 Å². The monoisotopic (exact) mass is 262 g/mol. The van der Waals surface area contributed by atoms with Gasteiger partial charge >= 0.3 is 5.97 Å². The first-order chi connectivity index (χ1) is 8.04. The molecule has 1 atom stereocenters. The van der Waals surface area contributed by atoms with E-state index < -0.39 is 17.9 Å². The zero-order chi connectivity index (χ0) is 12.8. The number of aliphatic carboxylic acids is 1. The summed E-state index contributed by atoms with van der Waals surface area (Å²) in [6, 6.07) is 3.79. The van der Waals surface area contributed by atoms with Crippen LogP contribution in [-0.2, 0) is 9.53 Å². The summed E-state index contributed by atoms with van der Waals surface area (Å²) in [6.07, 6.45) is -1.05. The molecule has 0 aliphatic heterocycles. The Morgan fingerprint density at radius 2 is 2.29 bits per heavy atom. The van der Waals surface area contributed by atoms with Crippen LogP contribution in [0.25, 0.3) is 0 Å². The second kappa shape index (κ2) is 6.42. The molecule has 17 heavy (non-hydrogen) atoms. The van der Waals surface area contributed by atoms with Crippen LogP contribution in [0.1, 0.15) is 6.92 Å². The highest BCUT2D eigenvalue weighted by molar-refractivity contribution is 6.30. The van der Waals surface area contributed by atoms with E-state index >= 15 is 0 Å². The smallest absolute Gasteiger partial charge is 0.336 e. The maximum Gasteiger partial charge on any atom is 0.336 e. The Hall–Kier alpha value is -1.33. The molecule has 0 aromatic heterocycles. The molecule has 0 heterocycles. The second-order valence-electron chi connectivity index (χ2n) is 3.17. The molecule has 0 aliphatic carbocycles. The third-order valence-corrected chi connectivity index (χ3v) is 2.23. The van der Waals surface area contributed by atoms with Crippen molar-refractivity contribution in [3.63, 3.8) is 0 Å². The third kappa shape index (κ3) is 4.20. The van der Waals surface area contributed by atoms with Crippen LogP contribution in [0.2, 0.25) is 5.02 Å². The molecule has 1 unspecified atom stereocenters. The van der Waals surface area contributed by atoms with E-state index in [0.717, 1.165) is 6.07 Å². The van der Waals surface area contributed by atoms with Gasteiger partial charge in [0.25, 0.3) is 0 Å². The van der Waals surface area contributed by atoms with Gasteiger partial charge in [-0.2, -0.15) is 0 Å². The van der Waals surface area contributed by atoms with Crippen LogP contribution in [0.4, 0.5) is 4.39 Å². The molecule has 0 aliphatic rings. The minimum absolute atomic E-state index is 0.0780. The Bertz CT molecular complexity index is 397. The fraction of sp³-hybridized carbons (Fsp3) is 0.364. The van der Waals surface area contributed by atoms with Gasteiger partial charge in [-0.3, -0.25) is 0 Å². The first-order valence-electron chi connectivity index (χ1n) is 4.96. The molecule has 1 rings (SSSR count). The summed E-state index contributed by atoms with van der Waals surface area (Å²) >= 11 is 5.55. The lowest BCUT2D eigenvalue weighted by Gasteiger charge is -2.13. The van der Waals surface area contributed by atoms with Crippen molar-refractivity contribution in [2.75, 3.05) is 13.2 Å². The predicted octanol–water partition coefficient (Wildman–Crippen LogP) is 2.35. The Labute approximate surface area is 103 Å². The number of carboxylic acids is 1. The van der Waals surface area contributed by atoms with Gasteiger partial charge < -0.3 is 14.6 Å². The fourth-order valence-electron chi connectivity index (χ4n) is 1.13. The summed E-state index contributed by atoms with van der Waals surface area (Å²) in [5.74, 6) is -1.37. The number of carboxylic acid groups (broad SMARTS) is 1. The number of ether oxygens (including phenoxy) is 2. The highest BCUT2D eigenvalue weighted by atomic mass is 35.5. The van der Waals surface area contributed by atoms with Gasteiger partial charge in [0.1, 0.15) is 18.2 Å². The number of rotatable bonds is 6. The number of halogens is 2. The number of carbonyl (C=O) groups is 1. The summed E-state index contributed by atoms with van der Waals surface area (Å²) in [4.78, 5) is 10.7. The summed E-state index contributed by atoms with van der Waals surface area (Å²) in [5.41, 5.74) is 0. The second-order valence-corrected chi connectivity index (χ2v) is 3.58. The topological polar surface area (TPSA) is 55.8 Å². The molecule has 0 amide bonds. The van der Waals surface area contributed by atoms with Gasteiger partial charge in [0, 0.05) is 12.7 Å². The van der Waals surface area contributed by atoms with Gasteiger partial charge in [-0.25, -0.2) is 9.18 Å². The lowest BCUT2D eigenvalue weighted by molar-refractivity contribution is -0.152. The van der Waals surface area contributed by atoms with Crippen molar-refractivity contribution >= 4 is 17.6 Å². The van der Waals surface area contributed by atoms with Gasteiger partial charge in [0.2, 0.25) is 0 Å². The van der Waals surface area contributed by atoms with Crippen molar-refractivity contribution in [2.45, 2.75) is 13.0 Å². The quantitative estimate of drug-likeness (QED) is 0.855. The van der Waals surface area contributed by atoms with E-state index in [-0.39, 0.29) is 18.2 Å². The lowest BCUT2D eigenvalue weighted by atomic mass is 10.3. The Kier molecular flexibility index (Phi) is 5.18. The molecule has 0 saturated heterocycles. The van der Waals surface area contributed by atoms with Crippen molar-refractivity contribution in [1.29, 1.82) is 0 Å². The van der Waals surface area contributed by atoms with E-state index in [2.05, 4.69) is 0 Å². The van der Waals surface area contributed by atoms with Gasteiger partial charge in [-0.15, -0.1) is 0 Å². The minimum Gasteiger partial charge on any atom is -0.490 e. The zero-order valence-electron chi connectivity index (χ0n) is 9.15. The maximum absolute atomic E-state index is 12.8. The molecule has 0 spiro atoms. The average molecular weight is 263 g/mol. The van der Waals surface area contributed by atoms with Gasteiger partial charge in [-0.05, 0) is 19.1 Å². The molecule has 1 N–H and O–H groups in total. The molecule has 6 heteroatoms. The van der Waals surface area contributed by atoms with E-state index in [4.69, 9.17) is 26.2 Å². The highest BCUT2D eigenvalue weighted by Gasteiger charge is 2.18. The highest BCUT2D eigenvalue weighted by Crippen LogP contribution is 2.21. The molecule has 1 aromatic rings. The summed E-state index contributed by atoms with van der Waals surface area (Å²) < 4.78 is 22.9. The predicted molar refractivity (Wildman–Crippen MR) is 60.0 cm³/mol. The molecule has 94 valence electrons. The van der Waals surface area contributed by atoms with E-state index in [1.807, 2.05) is 0 Å². The summed E-state index contributed by atoms with van der Waals surface area (Å²) in [5, 5.41) is 8.71. The van der Waals surface area contributed by atoms with Gasteiger partial charge in [0.05, 0.1) is 5.02 Å². The Morgan fingerprint density at radius 3 is 2.82 bits per heavy atom. The van der Waals surface area contributed by atoms with Crippen LogP contribution in [-0.4, -0.2) is 30.4 Å². The maximum atomic E-state index is 12.8. The van der Waals surface area contributed by atoms with Gasteiger partial charge in [0.15, 0.2) is 6.10 Å². The standard InChI is InChI=1S/C11H12ClFO4/c1-2-16-10(11(14)15)6-17-7-3-4-9(13)8(12)5-7/h3-5,10H,2,6H2,1H3,(H,14,15). The molecule has 1 aromatic carbocycles. The SMILES string of the molecule is CCOC(COc1ccc(F)c(Cl)c1)C(=O)O. The molecule has 4 nitrogen and oxygen atoms in total. The first-order valence-corrected chi connectivity index (χ1v) is 5.34. The van der Waals surface area contributed by atoms with Crippen molar-refractivity contribution in [2.24, 2.45) is 0 Å². The van der Waals surface area contributed by atoms with E-state index in [1.54, 1.807) is 6.92 Å². The van der Waals surface area contributed by atoms with Crippen molar-refractivity contribution in [3.8, 4) is 5.75 Å². The van der Waals surface area contributed by atoms with Crippen molar-refractivity contribution < 1.29 is 23.8 Å². The fourth-order valence-corrected chi connectivity index (χ4v) is 1.30. The minimum atomic E-state index is -1.11. The zero-order valence-corrected chi connectivity index (χ0v) is 9.91. The number of hydrogen-bond acceptors (Lipinski definition) is 3. The molecule has 0 saturated carbocycles. The lowest BCUT2D eigenvalue weighted by Crippen LogP contribution is -2.30. The van der Waals surface area contributed by atoms with Crippen LogP contribution in [0, 0.1) is 5.82 Å². The summed E-state index contributed by atoms with van der Waals surface area (Å²) in [6.45, 7) is 1.79. The molecule has 0 bridgehead atoms. The van der Waals surface area contributed by atoms with Crippen molar-refractivity contribution in [3.05, 3.63) is 29.0 Å². The van der Waals surface area contributed by atoms with Crippen LogP contribution in [0.15, 0.2) is 18.2 Å². The Balaban J connectivity index is 2.59. The van der Waals surface area contributed by atoms with Gasteiger partial charge in [-0.1, -0.05) is 11.6 Å². The largest absolute Gasteiger partial charge is 0.490 e. The van der Waals surface area contributed by atoms with E-state index in [0.29, 0.717) is 5.75 Å². The van der Waals surface area contributed by atoms with Crippen LogP contribution < -0.4 is 4.74 Å². The third-order valence-electron chi connectivity index (χ3n) is 1.94. The normalized spacial score (nSPS) is 12.2. The molecular weight excluding hydrogens is 251 g/mol. The molecule has 0 radical (unpaired) electrons. The molecule has 0 fully saturated rings.